The van der Waals surface area contributed by atoms with E-state index in [1.54, 1.807) is 0 Å². The molecule has 4 nitrogen and oxygen atoms in total. The van der Waals surface area contributed by atoms with E-state index in [0.717, 1.165) is 10.4 Å². The van der Waals surface area contributed by atoms with Crippen molar-refractivity contribution in [3.05, 3.63) is 60.7 Å². The molecule has 1 N–H and O–H groups in total. The smallest absolute Gasteiger partial charge is 0.261 e. The van der Waals surface area contributed by atoms with Gasteiger partial charge in [-0.25, -0.2) is 8.42 Å². The Balaban J connectivity index is 1.77. The number of hydrogen-bond donors (Lipinski definition) is 1. The van der Waals surface area contributed by atoms with Crippen molar-refractivity contribution in [2.45, 2.75) is 61.0 Å². The summed E-state index contributed by atoms with van der Waals surface area (Å²) in [4.78, 5) is 0. The van der Waals surface area contributed by atoms with Crippen LogP contribution in [0.4, 0.5) is 0 Å². The van der Waals surface area contributed by atoms with Gasteiger partial charge >= 0.3 is 0 Å². The topological polar surface area (TPSA) is 63.6 Å². The Bertz CT molecular complexity index is 949. The fourth-order valence-electron chi connectivity index (χ4n) is 4.74. The van der Waals surface area contributed by atoms with Crippen molar-refractivity contribution in [1.29, 1.82) is 0 Å². The third-order valence-electron chi connectivity index (χ3n) is 7.01. The maximum absolute atomic E-state index is 13.4. The molecule has 162 valence electrons. The Morgan fingerprint density at radius 1 is 0.867 bits per heavy atom. The number of aliphatic hydroxyl groups excluding tert-OH is 1. The first-order valence-electron chi connectivity index (χ1n) is 10.7. The monoisotopic (exact) mass is 444 g/mol. The zero-order chi connectivity index (χ0) is 21.7. The highest BCUT2D eigenvalue weighted by atomic mass is 32.2. The first-order valence-corrected chi connectivity index (χ1v) is 14.1. The summed E-state index contributed by atoms with van der Waals surface area (Å²) in [5.41, 5.74) is 0. The van der Waals surface area contributed by atoms with Crippen molar-refractivity contribution < 1.29 is 18.0 Å². The second-order valence-corrected chi connectivity index (χ2v) is 17.0. The average Bonchev–Trinajstić information content (AvgIpc) is 3.63. The molecule has 2 fully saturated rings. The van der Waals surface area contributed by atoms with E-state index in [9.17, 15) is 13.5 Å². The Morgan fingerprint density at radius 2 is 1.30 bits per heavy atom. The van der Waals surface area contributed by atoms with Gasteiger partial charge in [-0.1, -0.05) is 81.4 Å². The Labute approximate surface area is 181 Å². The molecule has 6 heteroatoms. The van der Waals surface area contributed by atoms with Gasteiger partial charge in [0.05, 0.1) is 22.7 Å². The van der Waals surface area contributed by atoms with Gasteiger partial charge in [0.25, 0.3) is 8.32 Å². The lowest BCUT2D eigenvalue weighted by atomic mass is 10.2. The molecule has 2 aliphatic carbocycles. The van der Waals surface area contributed by atoms with Crippen molar-refractivity contribution in [2.24, 2.45) is 0 Å². The molecule has 0 bridgehead atoms. The van der Waals surface area contributed by atoms with Gasteiger partial charge in [0, 0.05) is 0 Å². The van der Waals surface area contributed by atoms with Gasteiger partial charge in [0.1, 0.15) is 0 Å². The Kier molecular flexibility index (Phi) is 5.29. The van der Waals surface area contributed by atoms with Crippen molar-refractivity contribution in [2.75, 3.05) is 13.2 Å². The fourth-order valence-corrected chi connectivity index (χ4v) is 12.1. The Hall–Kier alpha value is -1.47. The molecular weight excluding hydrogens is 412 g/mol. The molecule has 0 saturated heterocycles. The van der Waals surface area contributed by atoms with E-state index in [1.807, 2.05) is 36.4 Å². The molecule has 2 aliphatic rings. The van der Waals surface area contributed by atoms with Gasteiger partial charge in [0.15, 0.2) is 9.84 Å². The lowest BCUT2D eigenvalue weighted by molar-refractivity contribution is 0.271. The van der Waals surface area contributed by atoms with Crippen LogP contribution in [0.1, 0.15) is 46.5 Å². The predicted molar refractivity (Wildman–Crippen MR) is 124 cm³/mol. The average molecular weight is 445 g/mol. The number of hydrogen-bond acceptors (Lipinski definition) is 4. The number of aliphatic hydroxyl groups is 1. The van der Waals surface area contributed by atoms with Crippen molar-refractivity contribution in [1.82, 2.24) is 0 Å². The largest absolute Gasteiger partial charge is 0.406 e. The van der Waals surface area contributed by atoms with Crippen LogP contribution in [0.25, 0.3) is 0 Å². The second-order valence-electron chi connectivity index (χ2n) is 9.98. The predicted octanol–water partition coefficient (Wildman–Crippen LogP) is 3.04. The maximum atomic E-state index is 13.4. The molecule has 2 saturated carbocycles. The molecule has 0 aromatic heterocycles. The first kappa shape index (κ1) is 21.7. The molecule has 0 radical (unpaired) electrons. The summed E-state index contributed by atoms with van der Waals surface area (Å²) in [5.74, 6) is 0. The van der Waals surface area contributed by atoms with Gasteiger partial charge < -0.3 is 9.53 Å². The summed E-state index contributed by atoms with van der Waals surface area (Å²) in [6, 6.07) is 20.6. The molecule has 0 heterocycles. The zero-order valence-corrected chi connectivity index (χ0v) is 19.9. The van der Waals surface area contributed by atoms with E-state index >= 15 is 0 Å². The molecule has 2 aromatic rings. The van der Waals surface area contributed by atoms with Gasteiger partial charge in [-0.05, 0) is 41.1 Å². The number of sulfone groups is 1. The van der Waals surface area contributed by atoms with E-state index in [2.05, 4.69) is 45.0 Å². The number of benzene rings is 2. The van der Waals surface area contributed by atoms with E-state index < -0.39 is 27.6 Å². The van der Waals surface area contributed by atoms with Crippen LogP contribution in [0.3, 0.4) is 0 Å². The molecular formula is C24H32O4SSi. The van der Waals surface area contributed by atoms with E-state index in [1.165, 1.54) is 0 Å². The first-order chi connectivity index (χ1) is 14.1. The fraction of sp³-hybridized carbons (Fsp3) is 0.500. The summed E-state index contributed by atoms with van der Waals surface area (Å²) in [5, 5.41) is 11.9. The molecule has 0 aliphatic heterocycles. The van der Waals surface area contributed by atoms with Gasteiger partial charge in [0.2, 0.25) is 0 Å². The van der Waals surface area contributed by atoms with Crippen LogP contribution < -0.4 is 10.4 Å². The van der Waals surface area contributed by atoms with E-state index in [4.69, 9.17) is 4.43 Å². The summed E-state index contributed by atoms with van der Waals surface area (Å²) in [6.07, 6.45) is 2.37. The molecule has 2 aromatic carbocycles. The number of rotatable bonds is 8. The minimum atomic E-state index is -3.45. The maximum Gasteiger partial charge on any atom is 0.261 e. The minimum absolute atomic E-state index is 0.191. The normalized spacial score (nSPS) is 20.0. The summed E-state index contributed by atoms with van der Waals surface area (Å²) in [6.45, 7) is 6.51. The molecule has 30 heavy (non-hydrogen) atoms. The lowest BCUT2D eigenvalue weighted by Gasteiger charge is -2.44. The highest BCUT2D eigenvalue weighted by Gasteiger charge is 2.68. The van der Waals surface area contributed by atoms with Crippen LogP contribution in [-0.4, -0.2) is 44.5 Å². The van der Waals surface area contributed by atoms with Crippen molar-refractivity contribution in [3.8, 4) is 0 Å². The summed E-state index contributed by atoms with van der Waals surface area (Å²) < 4.78 is 32.0. The van der Waals surface area contributed by atoms with E-state index in [-0.39, 0.29) is 18.3 Å². The van der Waals surface area contributed by atoms with Crippen molar-refractivity contribution >= 4 is 28.5 Å². The van der Waals surface area contributed by atoms with Crippen LogP contribution in [0.15, 0.2) is 60.7 Å². The lowest BCUT2D eigenvalue weighted by Crippen LogP contribution is -2.67. The summed E-state index contributed by atoms with van der Waals surface area (Å²) in [7, 11) is -6.22. The quantitative estimate of drug-likeness (QED) is 0.636. The molecule has 0 amide bonds. The third kappa shape index (κ3) is 3.20. The van der Waals surface area contributed by atoms with Crippen LogP contribution in [0.2, 0.25) is 5.04 Å². The SMILES string of the molecule is CC(C)(C)[Si](OCC1(S(=O)(=O)C2(CO)CC2)CC1)(c1ccccc1)c1ccccc1. The summed E-state index contributed by atoms with van der Waals surface area (Å²) >= 11 is 0. The molecule has 0 unspecified atom stereocenters. The molecule has 0 spiro atoms. The standard InChI is InChI=1S/C24H32O4SSi/c1-22(2,3)30(20-10-6-4-7-11-20,21-12-8-5-9-13-21)28-19-24(16-17-24)29(26,27)23(18-25)14-15-23/h4-13,25H,14-19H2,1-3H3. The Morgan fingerprint density at radius 3 is 1.63 bits per heavy atom. The molecule has 4 rings (SSSR count). The second kappa shape index (κ2) is 7.30. The highest BCUT2D eigenvalue weighted by molar-refractivity contribution is 7.94. The zero-order valence-electron chi connectivity index (χ0n) is 18.1. The van der Waals surface area contributed by atoms with Crippen LogP contribution in [0.5, 0.6) is 0 Å². The van der Waals surface area contributed by atoms with Crippen molar-refractivity contribution in [3.63, 3.8) is 0 Å². The van der Waals surface area contributed by atoms with Crippen LogP contribution >= 0.6 is 0 Å². The van der Waals surface area contributed by atoms with Gasteiger partial charge in [-0.15, -0.1) is 0 Å². The third-order valence-corrected chi connectivity index (χ3v) is 15.3. The van der Waals surface area contributed by atoms with Gasteiger partial charge in [-0.3, -0.25) is 0 Å². The van der Waals surface area contributed by atoms with Crippen LogP contribution in [-0.2, 0) is 14.3 Å². The molecule has 0 atom stereocenters. The highest BCUT2D eigenvalue weighted by Crippen LogP contribution is 2.56. The van der Waals surface area contributed by atoms with Gasteiger partial charge in [-0.2, -0.15) is 0 Å². The minimum Gasteiger partial charge on any atom is -0.406 e. The van der Waals surface area contributed by atoms with E-state index in [0.29, 0.717) is 25.7 Å². The van der Waals surface area contributed by atoms with Crippen LogP contribution in [0, 0.1) is 0 Å².